The first-order valence-corrected chi connectivity index (χ1v) is 7.07. The first-order valence-electron chi connectivity index (χ1n) is 7.07. The number of nitro benzene ring substituents is 1. The monoisotopic (exact) mass is 341 g/mol. The maximum Gasteiger partial charge on any atom is 0.331 e. The highest BCUT2D eigenvalue weighted by Gasteiger charge is 2.12. The first kappa shape index (κ1) is 16.1. The molecule has 1 aromatic carbocycles. The van der Waals surface area contributed by atoms with Gasteiger partial charge in [0.2, 0.25) is 5.89 Å². The Labute approximate surface area is 140 Å². The number of esters is 1. The molecule has 0 saturated heterocycles. The molecule has 0 aliphatic heterocycles. The normalized spacial score (nSPS) is 10.9. The third-order valence-electron chi connectivity index (χ3n) is 3.06. The predicted octanol–water partition coefficient (Wildman–Crippen LogP) is 2.99. The Morgan fingerprint density at radius 1 is 1.24 bits per heavy atom. The van der Waals surface area contributed by atoms with Gasteiger partial charge in [-0.1, -0.05) is 0 Å². The van der Waals surface area contributed by atoms with Crippen molar-refractivity contribution in [3.8, 4) is 11.5 Å². The zero-order valence-corrected chi connectivity index (χ0v) is 12.7. The van der Waals surface area contributed by atoms with E-state index in [9.17, 15) is 14.9 Å². The number of aromatic nitrogens is 2. The zero-order chi connectivity index (χ0) is 17.6. The molecular formula is C16H11N3O6. The second-order valence-corrected chi connectivity index (χ2v) is 4.76. The van der Waals surface area contributed by atoms with E-state index in [-0.39, 0.29) is 24.1 Å². The van der Waals surface area contributed by atoms with Crippen molar-refractivity contribution in [2.45, 2.75) is 6.61 Å². The number of carbonyl (C=O) groups excluding carboxylic acids is 1. The van der Waals surface area contributed by atoms with E-state index in [1.807, 2.05) is 0 Å². The lowest BCUT2D eigenvalue weighted by atomic mass is 10.2. The number of ether oxygens (including phenoxy) is 1. The highest BCUT2D eigenvalue weighted by Crippen LogP contribution is 2.21. The van der Waals surface area contributed by atoms with E-state index < -0.39 is 10.9 Å². The van der Waals surface area contributed by atoms with Gasteiger partial charge in [-0.15, -0.1) is 10.2 Å². The summed E-state index contributed by atoms with van der Waals surface area (Å²) in [7, 11) is 0. The Morgan fingerprint density at radius 2 is 2.04 bits per heavy atom. The molecule has 0 aliphatic rings. The van der Waals surface area contributed by atoms with Crippen LogP contribution in [-0.4, -0.2) is 21.1 Å². The van der Waals surface area contributed by atoms with Crippen molar-refractivity contribution in [3.63, 3.8) is 0 Å². The molecular weight excluding hydrogens is 330 g/mol. The van der Waals surface area contributed by atoms with Gasteiger partial charge in [-0.2, -0.15) is 0 Å². The zero-order valence-electron chi connectivity index (χ0n) is 12.7. The second-order valence-electron chi connectivity index (χ2n) is 4.76. The fourth-order valence-corrected chi connectivity index (χ4v) is 1.87. The SMILES string of the molecule is O=C(/C=C/c1ccco1)OCc1nnc(-c2ccc([N+](=O)[O-])cc2)o1. The largest absolute Gasteiger partial charge is 0.465 e. The maximum absolute atomic E-state index is 11.6. The van der Waals surface area contributed by atoms with Gasteiger partial charge in [-0.25, -0.2) is 4.79 Å². The van der Waals surface area contributed by atoms with Crippen LogP contribution < -0.4 is 0 Å². The van der Waals surface area contributed by atoms with Crippen LogP contribution >= 0.6 is 0 Å². The van der Waals surface area contributed by atoms with Crippen LogP contribution in [0.25, 0.3) is 17.5 Å². The smallest absolute Gasteiger partial charge is 0.331 e. The Hall–Kier alpha value is -3.75. The molecule has 9 heteroatoms. The van der Waals surface area contributed by atoms with E-state index in [1.54, 1.807) is 12.1 Å². The molecule has 25 heavy (non-hydrogen) atoms. The summed E-state index contributed by atoms with van der Waals surface area (Å²) in [6.45, 7) is -0.193. The maximum atomic E-state index is 11.6. The van der Waals surface area contributed by atoms with Crippen LogP contribution in [-0.2, 0) is 16.1 Å². The highest BCUT2D eigenvalue weighted by molar-refractivity contribution is 5.86. The number of rotatable bonds is 6. The summed E-state index contributed by atoms with van der Waals surface area (Å²) in [6, 6.07) is 9.04. The summed E-state index contributed by atoms with van der Waals surface area (Å²) in [5.74, 6) is 0.210. The minimum absolute atomic E-state index is 0.0410. The summed E-state index contributed by atoms with van der Waals surface area (Å²) >= 11 is 0. The molecule has 2 heterocycles. The van der Waals surface area contributed by atoms with Crippen LogP contribution in [0.4, 0.5) is 5.69 Å². The summed E-state index contributed by atoms with van der Waals surface area (Å²) in [4.78, 5) is 21.7. The van der Waals surface area contributed by atoms with Crippen molar-refractivity contribution in [2.24, 2.45) is 0 Å². The van der Waals surface area contributed by atoms with E-state index in [0.717, 1.165) is 0 Å². The third kappa shape index (κ3) is 4.16. The molecule has 9 nitrogen and oxygen atoms in total. The van der Waals surface area contributed by atoms with Gasteiger partial charge in [-0.05, 0) is 30.3 Å². The van der Waals surface area contributed by atoms with E-state index >= 15 is 0 Å². The molecule has 0 radical (unpaired) electrons. The second kappa shape index (κ2) is 7.21. The Bertz CT molecular complexity index is 896. The fourth-order valence-electron chi connectivity index (χ4n) is 1.87. The van der Waals surface area contributed by atoms with Crippen molar-refractivity contribution in [2.75, 3.05) is 0 Å². The molecule has 0 amide bonds. The molecule has 2 aromatic heterocycles. The topological polar surface area (TPSA) is 122 Å². The highest BCUT2D eigenvalue weighted by atomic mass is 16.6. The van der Waals surface area contributed by atoms with E-state index in [4.69, 9.17) is 13.6 Å². The van der Waals surface area contributed by atoms with E-state index in [1.165, 1.54) is 42.7 Å². The molecule has 0 atom stereocenters. The minimum atomic E-state index is -0.591. The Balaban J connectivity index is 1.58. The molecule has 0 fully saturated rings. The van der Waals surface area contributed by atoms with Crippen molar-refractivity contribution in [1.82, 2.24) is 10.2 Å². The third-order valence-corrected chi connectivity index (χ3v) is 3.06. The lowest BCUT2D eigenvalue weighted by Crippen LogP contribution is -2.00. The molecule has 3 aromatic rings. The molecule has 0 N–H and O–H groups in total. The van der Waals surface area contributed by atoms with Crippen molar-refractivity contribution >= 4 is 17.7 Å². The number of hydrogen-bond donors (Lipinski definition) is 0. The minimum Gasteiger partial charge on any atom is -0.465 e. The number of nitrogens with zero attached hydrogens (tertiary/aromatic N) is 3. The van der Waals surface area contributed by atoms with Gasteiger partial charge in [0.05, 0.1) is 11.2 Å². The van der Waals surface area contributed by atoms with Crippen molar-refractivity contribution in [3.05, 3.63) is 70.5 Å². The average molecular weight is 341 g/mol. The standard InChI is InChI=1S/C16H11N3O6/c20-15(8-7-13-2-1-9-23-13)24-10-14-17-18-16(25-14)11-3-5-12(6-4-11)19(21)22/h1-9H,10H2/b8-7+. The first-order chi connectivity index (χ1) is 12.1. The van der Waals surface area contributed by atoms with Crippen molar-refractivity contribution < 1.29 is 23.3 Å². The van der Waals surface area contributed by atoms with Crippen LogP contribution in [0.3, 0.4) is 0 Å². The number of hydrogen-bond acceptors (Lipinski definition) is 8. The van der Waals surface area contributed by atoms with Crippen LogP contribution in [0.5, 0.6) is 0 Å². The van der Waals surface area contributed by atoms with E-state index in [0.29, 0.717) is 11.3 Å². The summed E-state index contributed by atoms with van der Waals surface area (Å²) in [6.07, 6.45) is 4.17. The number of carbonyl (C=O) groups is 1. The van der Waals surface area contributed by atoms with E-state index in [2.05, 4.69) is 10.2 Å². The Morgan fingerprint density at radius 3 is 2.72 bits per heavy atom. The number of nitro groups is 1. The molecule has 126 valence electrons. The quantitative estimate of drug-likeness (QED) is 0.290. The van der Waals surface area contributed by atoms with Gasteiger partial charge < -0.3 is 13.6 Å². The molecule has 0 aliphatic carbocycles. The number of non-ortho nitro benzene ring substituents is 1. The molecule has 0 bridgehead atoms. The lowest BCUT2D eigenvalue weighted by Gasteiger charge is -1.97. The van der Waals surface area contributed by atoms with Gasteiger partial charge in [-0.3, -0.25) is 10.1 Å². The fraction of sp³-hybridized carbons (Fsp3) is 0.0625. The molecule has 0 spiro atoms. The van der Waals surface area contributed by atoms with Crippen LogP contribution in [0.2, 0.25) is 0 Å². The summed E-state index contributed by atoms with van der Waals surface area (Å²) < 4.78 is 15.4. The molecule has 0 unspecified atom stereocenters. The lowest BCUT2D eigenvalue weighted by molar-refractivity contribution is -0.384. The number of benzene rings is 1. The van der Waals surface area contributed by atoms with Gasteiger partial charge in [0.25, 0.3) is 11.6 Å². The predicted molar refractivity (Wildman–Crippen MR) is 83.9 cm³/mol. The van der Waals surface area contributed by atoms with Crippen LogP contribution in [0, 0.1) is 10.1 Å². The Kier molecular flexibility index (Phi) is 4.65. The van der Waals surface area contributed by atoms with Gasteiger partial charge >= 0.3 is 5.97 Å². The van der Waals surface area contributed by atoms with Crippen LogP contribution in [0.1, 0.15) is 11.7 Å². The molecule has 0 saturated carbocycles. The van der Waals surface area contributed by atoms with Gasteiger partial charge in [0.1, 0.15) is 5.76 Å². The average Bonchev–Trinajstić information content (AvgIpc) is 3.30. The summed E-state index contributed by atoms with van der Waals surface area (Å²) in [5, 5.41) is 18.2. The van der Waals surface area contributed by atoms with Gasteiger partial charge in [0.15, 0.2) is 6.61 Å². The van der Waals surface area contributed by atoms with Crippen molar-refractivity contribution in [1.29, 1.82) is 0 Å². The molecule has 3 rings (SSSR count). The van der Waals surface area contributed by atoms with Crippen LogP contribution in [0.15, 0.2) is 57.6 Å². The summed E-state index contributed by atoms with van der Waals surface area (Å²) in [5.41, 5.74) is 0.481. The van der Waals surface area contributed by atoms with Gasteiger partial charge in [0, 0.05) is 23.8 Å². The number of furan rings is 1.